The first-order chi connectivity index (χ1) is 14.4. The topological polar surface area (TPSA) is 80.3 Å². The summed E-state index contributed by atoms with van der Waals surface area (Å²) >= 11 is 1.05. The van der Waals surface area contributed by atoms with E-state index < -0.39 is 30.9 Å². The average molecular weight is 482 g/mol. The maximum Gasteiger partial charge on any atom is 0.240 e. The molecule has 0 bridgehead atoms. The van der Waals surface area contributed by atoms with E-state index >= 15 is 0 Å². The molecule has 3 rings (SSSR count). The van der Waals surface area contributed by atoms with Crippen molar-refractivity contribution in [3.63, 3.8) is 0 Å². The second-order valence-corrected chi connectivity index (χ2v) is 13.2. The smallest absolute Gasteiger partial charge is 0.222 e. The molecule has 3 aromatic rings. The van der Waals surface area contributed by atoms with Gasteiger partial charge < -0.3 is 0 Å². The zero-order valence-corrected chi connectivity index (χ0v) is 19.8. The van der Waals surface area contributed by atoms with Crippen LogP contribution in [0.2, 0.25) is 0 Å². The minimum absolute atomic E-state index is 0.0480. The van der Waals surface area contributed by atoms with Gasteiger partial charge in [-0.3, -0.25) is 0 Å². The lowest BCUT2D eigenvalue weighted by molar-refractivity contribution is 0.568. The van der Waals surface area contributed by atoms with E-state index in [0.29, 0.717) is 5.56 Å². The van der Waals surface area contributed by atoms with Crippen LogP contribution in [-0.4, -0.2) is 23.4 Å². The van der Waals surface area contributed by atoms with E-state index in [0.717, 1.165) is 29.0 Å². The third kappa shape index (κ3) is 5.41. The first-order valence-corrected chi connectivity index (χ1v) is 13.5. The van der Waals surface area contributed by atoms with Crippen LogP contribution in [0.3, 0.4) is 0 Å². The summed E-state index contributed by atoms with van der Waals surface area (Å²) < 4.78 is 67.9. The highest BCUT2D eigenvalue weighted by Gasteiger charge is 2.31. The number of hydrogen-bond acceptors (Lipinski definition) is 5. The summed E-state index contributed by atoms with van der Waals surface area (Å²) in [4.78, 5) is 0.0480. The van der Waals surface area contributed by atoms with Gasteiger partial charge in [0.15, 0.2) is 9.84 Å². The van der Waals surface area contributed by atoms with Crippen molar-refractivity contribution in [3.05, 3.63) is 83.0 Å². The number of hydrogen-bond donors (Lipinski definition) is 1. The fraction of sp³-hybridized carbons (Fsp3) is 0.273. The van der Waals surface area contributed by atoms with Gasteiger partial charge in [-0.2, -0.15) is 0 Å². The monoisotopic (exact) mass is 481 g/mol. The van der Waals surface area contributed by atoms with Gasteiger partial charge in [0.1, 0.15) is 15.3 Å². The quantitative estimate of drug-likeness (QED) is 0.531. The molecule has 1 heterocycles. The maximum absolute atomic E-state index is 13.4. The summed E-state index contributed by atoms with van der Waals surface area (Å²) in [5.41, 5.74) is 1.16. The van der Waals surface area contributed by atoms with Crippen molar-refractivity contribution < 1.29 is 21.2 Å². The summed E-state index contributed by atoms with van der Waals surface area (Å²) in [6.45, 7) is 5.70. The molecular weight excluding hydrogens is 457 g/mol. The van der Waals surface area contributed by atoms with Crippen LogP contribution < -0.4 is 4.72 Å². The van der Waals surface area contributed by atoms with Crippen molar-refractivity contribution in [2.45, 2.75) is 40.5 Å². The molecule has 0 radical (unpaired) electrons. The predicted octanol–water partition coefficient (Wildman–Crippen LogP) is 4.68. The van der Waals surface area contributed by atoms with E-state index in [-0.39, 0.29) is 21.1 Å². The fourth-order valence-electron chi connectivity index (χ4n) is 3.05. The van der Waals surface area contributed by atoms with Crippen molar-refractivity contribution in [2.24, 2.45) is 0 Å². The molecule has 0 aliphatic carbocycles. The molecule has 1 atom stereocenters. The van der Waals surface area contributed by atoms with Crippen LogP contribution in [0, 0.1) is 5.82 Å². The summed E-state index contributed by atoms with van der Waals surface area (Å²) in [6.07, 6.45) is 0. The van der Waals surface area contributed by atoms with E-state index in [1.807, 2.05) is 20.8 Å². The molecule has 0 aliphatic heterocycles. The number of thiophene rings is 1. The minimum atomic E-state index is -3.95. The second kappa shape index (κ2) is 8.82. The Balaban J connectivity index is 1.90. The lowest BCUT2D eigenvalue weighted by Crippen LogP contribution is -2.32. The van der Waals surface area contributed by atoms with Crippen molar-refractivity contribution in [1.82, 2.24) is 4.72 Å². The van der Waals surface area contributed by atoms with Crippen LogP contribution in [0.25, 0.3) is 0 Å². The first kappa shape index (κ1) is 23.6. The van der Waals surface area contributed by atoms with E-state index in [4.69, 9.17) is 0 Å². The average Bonchev–Trinajstić information content (AvgIpc) is 3.24. The molecule has 1 N–H and O–H groups in total. The fourth-order valence-corrected chi connectivity index (χ4v) is 7.07. The Morgan fingerprint density at radius 1 is 0.935 bits per heavy atom. The normalized spacial score (nSPS) is 13.8. The van der Waals surface area contributed by atoms with Gasteiger partial charge in [0.2, 0.25) is 10.0 Å². The second-order valence-electron chi connectivity index (χ2n) is 8.14. The van der Waals surface area contributed by atoms with Crippen LogP contribution >= 0.6 is 11.3 Å². The summed E-state index contributed by atoms with van der Waals surface area (Å²) in [5.74, 6) is -0.504. The zero-order valence-electron chi connectivity index (χ0n) is 17.4. The van der Waals surface area contributed by atoms with Gasteiger partial charge in [-0.1, -0.05) is 51.1 Å². The summed E-state index contributed by atoms with van der Waals surface area (Å²) in [6, 6.07) is 14.6. The minimum Gasteiger partial charge on any atom is -0.222 e. The van der Waals surface area contributed by atoms with Crippen LogP contribution in [0.5, 0.6) is 0 Å². The molecule has 31 heavy (non-hydrogen) atoms. The Morgan fingerprint density at radius 2 is 1.55 bits per heavy atom. The molecule has 0 spiro atoms. The van der Waals surface area contributed by atoms with E-state index in [1.165, 1.54) is 30.3 Å². The largest absolute Gasteiger partial charge is 0.240 e. The van der Waals surface area contributed by atoms with Gasteiger partial charge in [-0.15, -0.1) is 11.3 Å². The molecule has 2 aromatic carbocycles. The molecule has 0 fully saturated rings. The Hall–Kier alpha value is -2.07. The van der Waals surface area contributed by atoms with Crippen molar-refractivity contribution in [1.29, 1.82) is 0 Å². The van der Waals surface area contributed by atoms with Gasteiger partial charge in [0, 0.05) is 6.54 Å². The molecule has 1 aromatic heterocycles. The molecule has 0 aliphatic rings. The third-order valence-corrected chi connectivity index (χ3v) is 9.85. The van der Waals surface area contributed by atoms with Crippen molar-refractivity contribution in [3.8, 4) is 0 Å². The Labute approximate surface area is 186 Å². The lowest BCUT2D eigenvalue weighted by Gasteiger charge is -2.20. The molecule has 166 valence electrons. The van der Waals surface area contributed by atoms with Gasteiger partial charge in [-0.25, -0.2) is 25.9 Å². The number of benzene rings is 2. The van der Waals surface area contributed by atoms with Crippen molar-refractivity contribution >= 4 is 31.2 Å². The van der Waals surface area contributed by atoms with Crippen LogP contribution in [-0.2, 0) is 25.3 Å². The van der Waals surface area contributed by atoms with Crippen LogP contribution in [0.4, 0.5) is 4.39 Å². The standard InChI is InChI=1S/C22H24FNO4S3/c1-22(2,3)17-8-12-19(13-9-17)31(27,28)24-15-20(16-6-10-18(23)11-7-16)30(25,26)21-5-4-14-29-21/h4-14,20,24H,15H2,1-3H3/t20-/m0/s1. The van der Waals surface area contributed by atoms with Crippen molar-refractivity contribution in [2.75, 3.05) is 6.54 Å². The highest BCUT2D eigenvalue weighted by atomic mass is 32.2. The Kier molecular flexibility index (Phi) is 6.71. The van der Waals surface area contributed by atoms with E-state index in [1.54, 1.807) is 23.6 Å². The highest BCUT2D eigenvalue weighted by Crippen LogP contribution is 2.32. The number of sulfonamides is 1. The van der Waals surface area contributed by atoms with E-state index in [9.17, 15) is 21.2 Å². The van der Waals surface area contributed by atoms with Crippen LogP contribution in [0.15, 0.2) is 75.1 Å². The molecule has 0 saturated heterocycles. The molecule has 9 heteroatoms. The SMILES string of the molecule is CC(C)(C)c1ccc(S(=O)(=O)NC[C@@H](c2ccc(F)cc2)S(=O)(=O)c2cccs2)cc1. The van der Waals surface area contributed by atoms with Gasteiger partial charge >= 0.3 is 0 Å². The number of nitrogens with one attached hydrogen (secondary N) is 1. The molecule has 0 saturated carbocycles. The van der Waals surface area contributed by atoms with Gasteiger partial charge in [0.25, 0.3) is 0 Å². The molecule has 0 unspecified atom stereocenters. The molecule has 0 amide bonds. The molecule has 5 nitrogen and oxygen atoms in total. The maximum atomic E-state index is 13.4. The third-order valence-electron chi connectivity index (χ3n) is 4.88. The highest BCUT2D eigenvalue weighted by molar-refractivity contribution is 7.93. The molecular formula is C22H24FNO4S3. The Morgan fingerprint density at radius 3 is 2.06 bits per heavy atom. The Bertz CT molecular complexity index is 1230. The first-order valence-electron chi connectivity index (χ1n) is 9.54. The summed E-state index contributed by atoms with van der Waals surface area (Å²) in [7, 11) is -7.83. The summed E-state index contributed by atoms with van der Waals surface area (Å²) in [5, 5.41) is 0.436. The zero-order chi connectivity index (χ0) is 22.9. The number of rotatable bonds is 7. The predicted molar refractivity (Wildman–Crippen MR) is 121 cm³/mol. The van der Waals surface area contributed by atoms with Gasteiger partial charge in [0.05, 0.1) is 4.90 Å². The van der Waals surface area contributed by atoms with Gasteiger partial charge in [-0.05, 0) is 52.3 Å². The lowest BCUT2D eigenvalue weighted by atomic mass is 9.87. The van der Waals surface area contributed by atoms with E-state index in [2.05, 4.69) is 4.72 Å². The van der Waals surface area contributed by atoms with Crippen LogP contribution in [0.1, 0.15) is 37.1 Å². The number of sulfone groups is 1. The number of halogens is 1.